The van der Waals surface area contributed by atoms with E-state index in [0.29, 0.717) is 34.4 Å². The third-order valence-electron chi connectivity index (χ3n) is 4.88. The average Bonchev–Trinajstić information content (AvgIpc) is 3.18. The van der Waals surface area contributed by atoms with Gasteiger partial charge in [0.1, 0.15) is 23.0 Å². The summed E-state index contributed by atoms with van der Waals surface area (Å²) in [6.07, 6.45) is 4.58. The molecule has 0 saturated carbocycles. The van der Waals surface area contributed by atoms with E-state index >= 15 is 0 Å². The van der Waals surface area contributed by atoms with Gasteiger partial charge in [-0.25, -0.2) is 9.37 Å². The minimum atomic E-state index is -0.328. The third-order valence-corrected chi connectivity index (χ3v) is 5.11. The first-order valence-corrected chi connectivity index (χ1v) is 10.4. The number of nitrogens with zero attached hydrogens (tertiary/aromatic N) is 1. The molecule has 2 aromatic carbocycles. The van der Waals surface area contributed by atoms with Crippen molar-refractivity contribution in [3.8, 4) is 16.9 Å². The van der Waals surface area contributed by atoms with Crippen LogP contribution in [-0.4, -0.2) is 17.5 Å². The zero-order valence-corrected chi connectivity index (χ0v) is 18.2. The summed E-state index contributed by atoms with van der Waals surface area (Å²) < 4.78 is 24.9. The molecular formula is C25H20ClFN2O3. The first-order chi connectivity index (χ1) is 15.4. The van der Waals surface area contributed by atoms with Crippen molar-refractivity contribution in [1.29, 1.82) is 0 Å². The Balaban J connectivity index is 1.71. The van der Waals surface area contributed by atoms with E-state index in [4.69, 9.17) is 20.8 Å². The summed E-state index contributed by atoms with van der Waals surface area (Å²) in [6.45, 7) is 4.17. The average molecular weight is 451 g/mol. The second-order valence-electron chi connectivity index (χ2n) is 7.11. The van der Waals surface area contributed by atoms with Gasteiger partial charge in [-0.3, -0.25) is 4.79 Å². The van der Waals surface area contributed by atoms with Gasteiger partial charge in [0.15, 0.2) is 0 Å². The van der Waals surface area contributed by atoms with Gasteiger partial charge in [-0.1, -0.05) is 23.7 Å². The van der Waals surface area contributed by atoms with E-state index < -0.39 is 0 Å². The van der Waals surface area contributed by atoms with Crippen LogP contribution in [0.2, 0.25) is 5.02 Å². The van der Waals surface area contributed by atoms with Gasteiger partial charge in [-0.15, -0.1) is 0 Å². The van der Waals surface area contributed by atoms with Crippen LogP contribution in [-0.2, 0) is 4.79 Å². The molecule has 4 rings (SSSR count). The molecule has 0 unspecified atom stereocenters. The largest absolute Gasteiger partial charge is 0.493 e. The molecule has 7 heteroatoms. The maximum absolute atomic E-state index is 13.4. The molecule has 1 N–H and O–H groups in total. The number of allylic oxidation sites excluding steroid dienone is 1. The normalized spacial score (nSPS) is 11.6. The number of carbonyl (C=O) groups is 1. The van der Waals surface area contributed by atoms with Crippen LogP contribution >= 0.6 is 11.6 Å². The number of hydrogen-bond donors (Lipinski definition) is 1. The van der Waals surface area contributed by atoms with Gasteiger partial charge in [0, 0.05) is 34.9 Å². The number of aromatic nitrogens is 1. The molecule has 0 saturated heterocycles. The number of fused-ring (bicyclic) bond motifs is 1. The van der Waals surface area contributed by atoms with Crippen LogP contribution in [0.15, 0.2) is 71.5 Å². The number of furan rings is 1. The molecule has 4 aromatic rings. The number of anilines is 1. The number of hydrogen-bond acceptors (Lipinski definition) is 4. The van der Waals surface area contributed by atoms with E-state index in [9.17, 15) is 9.18 Å². The molecular weight excluding hydrogens is 431 g/mol. The minimum Gasteiger partial charge on any atom is -0.493 e. The highest BCUT2D eigenvalue weighted by molar-refractivity contribution is 6.30. The molecule has 0 aliphatic carbocycles. The number of rotatable bonds is 6. The quantitative estimate of drug-likeness (QED) is 0.331. The number of pyridine rings is 1. The number of halogens is 2. The summed E-state index contributed by atoms with van der Waals surface area (Å²) in [4.78, 5) is 16.6. The number of benzene rings is 2. The van der Waals surface area contributed by atoms with E-state index in [-0.39, 0.29) is 11.7 Å². The lowest BCUT2D eigenvalue weighted by Crippen LogP contribution is -2.10. The maximum Gasteiger partial charge on any atom is 0.249 e. The zero-order valence-electron chi connectivity index (χ0n) is 17.5. The van der Waals surface area contributed by atoms with Crippen molar-refractivity contribution in [2.45, 2.75) is 13.8 Å². The van der Waals surface area contributed by atoms with Crippen LogP contribution in [0.25, 0.3) is 27.7 Å². The number of ether oxygens (including phenoxy) is 1. The van der Waals surface area contributed by atoms with Crippen molar-refractivity contribution < 1.29 is 18.3 Å². The van der Waals surface area contributed by atoms with Gasteiger partial charge < -0.3 is 14.5 Å². The van der Waals surface area contributed by atoms with Crippen LogP contribution < -0.4 is 10.1 Å². The predicted molar refractivity (Wildman–Crippen MR) is 124 cm³/mol. The van der Waals surface area contributed by atoms with Gasteiger partial charge in [-0.05, 0) is 55.3 Å². The second kappa shape index (κ2) is 9.24. The fraction of sp³-hybridized carbons (Fsp3) is 0.120. The Morgan fingerprint density at radius 3 is 2.69 bits per heavy atom. The van der Waals surface area contributed by atoms with Gasteiger partial charge in [0.2, 0.25) is 5.91 Å². The summed E-state index contributed by atoms with van der Waals surface area (Å²) in [7, 11) is 0. The molecule has 162 valence electrons. The molecule has 1 amide bonds. The highest BCUT2D eigenvalue weighted by atomic mass is 35.5. The SMILES string of the molecule is CCOc1cc2occ(-c3ccc(F)cc3)c2cc1/C(C)=C/C(=O)Nc1ccc(Cl)cn1. The van der Waals surface area contributed by atoms with Gasteiger partial charge in [0.05, 0.1) is 17.9 Å². The molecule has 0 bridgehead atoms. The first kappa shape index (κ1) is 21.6. The van der Waals surface area contributed by atoms with Crippen molar-refractivity contribution in [1.82, 2.24) is 4.98 Å². The van der Waals surface area contributed by atoms with E-state index in [0.717, 1.165) is 22.1 Å². The zero-order chi connectivity index (χ0) is 22.7. The van der Waals surface area contributed by atoms with Gasteiger partial charge in [-0.2, -0.15) is 0 Å². The number of carbonyl (C=O) groups excluding carboxylic acids is 1. The lowest BCUT2D eigenvalue weighted by molar-refractivity contribution is -0.111. The fourth-order valence-electron chi connectivity index (χ4n) is 3.38. The van der Waals surface area contributed by atoms with Crippen LogP contribution in [0, 0.1) is 5.82 Å². The highest BCUT2D eigenvalue weighted by Crippen LogP contribution is 2.37. The summed E-state index contributed by atoms with van der Waals surface area (Å²) >= 11 is 5.84. The van der Waals surface area contributed by atoms with E-state index in [2.05, 4.69) is 10.3 Å². The molecule has 0 radical (unpaired) electrons. The molecule has 2 aromatic heterocycles. The standard InChI is InChI=1S/C25H20ClFN2O3/c1-3-31-22-12-23-20(21(14-32-23)16-4-7-18(27)8-5-16)11-19(22)15(2)10-25(30)29-24-9-6-17(26)13-28-24/h4-14H,3H2,1-2H3,(H,28,29,30)/b15-10+. The second-order valence-corrected chi connectivity index (χ2v) is 7.55. The summed E-state index contributed by atoms with van der Waals surface area (Å²) in [6, 6.07) is 13.2. The summed E-state index contributed by atoms with van der Waals surface area (Å²) in [5, 5.41) is 4.04. The Kier molecular flexibility index (Phi) is 6.23. The molecule has 32 heavy (non-hydrogen) atoms. The Bertz CT molecular complexity index is 1300. The predicted octanol–water partition coefficient (Wildman–Crippen LogP) is 6.73. The number of amides is 1. The van der Waals surface area contributed by atoms with Crippen molar-refractivity contribution in [2.24, 2.45) is 0 Å². The van der Waals surface area contributed by atoms with E-state index in [1.807, 2.05) is 19.9 Å². The molecule has 5 nitrogen and oxygen atoms in total. The van der Waals surface area contributed by atoms with Crippen molar-refractivity contribution in [3.05, 3.63) is 83.5 Å². The summed E-state index contributed by atoms with van der Waals surface area (Å²) in [5.41, 5.74) is 3.75. The van der Waals surface area contributed by atoms with E-state index in [1.54, 1.807) is 36.6 Å². The molecule has 0 aliphatic heterocycles. The smallest absolute Gasteiger partial charge is 0.249 e. The highest BCUT2D eigenvalue weighted by Gasteiger charge is 2.15. The van der Waals surface area contributed by atoms with Crippen molar-refractivity contribution >= 4 is 39.9 Å². The molecule has 0 spiro atoms. The van der Waals surface area contributed by atoms with Crippen LogP contribution in [0.1, 0.15) is 19.4 Å². The topological polar surface area (TPSA) is 64.4 Å². The van der Waals surface area contributed by atoms with Crippen LogP contribution in [0.5, 0.6) is 5.75 Å². The maximum atomic E-state index is 13.4. The lowest BCUT2D eigenvalue weighted by Gasteiger charge is -2.12. The van der Waals surface area contributed by atoms with Crippen molar-refractivity contribution in [2.75, 3.05) is 11.9 Å². The Morgan fingerprint density at radius 1 is 1.22 bits per heavy atom. The molecule has 2 heterocycles. The first-order valence-electron chi connectivity index (χ1n) is 10.00. The van der Waals surface area contributed by atoms with Gasteiger partial charge >= 0.3 is 0 Å². The van der Waals surface area contributed by atoms with Crippen LogP contribution in [0.4, 0.5) is 10.2 Å². The lowest BCUT2D eigenvalue weighted by atomic mass is 9.99. The minimum absolute atomic E-state index is 0.305. The summed E-state index contributed by atoms with van der Waals surface area (Å²) in [5.74, 6) is 0.371. The Morgan fingerprint density at radius 2 is 2.00 bits per heavy atom. The molecule has 0 aliphatic rings. The molecule has 0 fully saturated rings. The Hall–Kier alpha value is -3.64. The van der Waals surface area contributed by atoms with E-state index in [1.165, 1.54) is 24.4 Å². The monoisotopic (exact) mass is 450 g/mol. The molecule has 0 atom stereocenters. The van der Waals surface area contributed by atoms with Crippen LogP contribution in [0.3, 0.4) is 0 Å². The third kappa shape index (κ3) is 4.65. The number of nitrogens with one attached hydrogen (secondary N) is 1. The fourth-order valence-corrected chi connectivity index (χ4v) is 3.49. The van der Waals surface area contributed by atoms with Crippen molar-refractivity contribution in [3.63, 3.8) is 0 Å². The Labute approximate surface area is 189 Å². The van der Waals surface area contributed by atoms with Gasteiger partial charge in [0.25, 0.3) is 0 Å².